The van der Waals surface area contributed by atoms with Crippen molar-refractivity contribution in [3.63, 3.8) is 0 Å². The lowest BCUT2D eigenvalue weighted by Gasteiger charge is -2.32. The van der Waals surface area contributed by atoms with Crippen molar-refractivity contribution in [3.05, 3.63) is 0 Å². The van der Waals surface area contributed by atoms with Crippen LogP contribution in [0.4, 0.5) is 13.2 Å². The molecule has 5 nitrogen and oxygen atoms in total. The zero-order valence-corrected chi connectivity index (χ0v) is 11.0. The third-order valence-electron chi connectivity index (χ3n) is 2.82. The predicted molar refractivity (Wildman–Crippen MR) is 63.8 cm³/mol. The fourth-order valence-corrected chi connectivity index (χ4v) is 1.70. The first-order valence-electron chi connectivity index (χ1n) is 6.20. The molecule has 8 heteroatoms. The fourth-order valence-electron chi connectivity index (χ4n) is 1.70. The van der Waals surface area contributed by atoms with Crippen LogP contribution in [0, 0.1) is 0 Å². The van der Waals surface area contributed by atoms with Crippen LogP contribution in [0.25, 0.3) is 0 Å². The van der Waals surface area contributed by atoms with Crippen LogP contribution in [0.5, 0.6) is 0 Å². The Morgan fingerprint density at radius 1 is 1.26 bits per heavy atom. The molecule has 1 heterocycles. The largest absolute Gasteiger partial charge is 0.411 e. The summed E-state index contributed by atoms with van der Waals surface area (Å²) in [7, 11) is 2.00. The number of halogens is 3. The van der Waals surface area contributed by atoms with Crippen LogP contribution in [0.15, 0.2) is 0 Å². The minimum atomic E-state index is -4.30. The highest BCUT2D eigenvalue weighted by Crippen LogP contribution is 2.13. The van der Waals surface area contributed by atoms with Crippen LogP contribution in [0.2, 0.25) is 0 Å². The van der Waals surface area contributed by atoms with Crippen LogP contribution in [0.3, 0.4) is 0 Å². The molecular formula is C11H20F3N3O2. The van der Waals surface area contributed by atoms with Gasteiger partial charge < -0.3 is 19.9 Å². The minimum absolute atomic E-state index is 0.0241. The average Bonchev–Trinajstić information content (AvgIpc) is 2.33. The first-order chi connectivity index (χ1) is 8.88. The molecule has 0 aliphatic carbocycles. The van der Waals surface area contributed by atoms with Gasteiger partial charge in [-0.15, -0.1) is 0 Å². The molecule has 0 aromatic heterocycles. The third kappa shape index (κ3) is 7.34. The van der Waals surface area contributed by atoms with Crippen molar-refractivity contribution in [1.82, 2.24) is 15.1 Å². The van der Waals surface area contributed by atoms with Crippen LogP contribution in [-0.2, 0) is 9.53 Å². The van der Waals surface area contributed by atoms with Gasteiger partial charge in [0.2, 0.25) is 5.91 Å². The SMILES string of the molecule is CN1CCN(C(=O)CNCCOCC(F)(F)F)CC1. The number of alkyl halides is 3. The number of amides is 1. The fraction of sp³-hybridized carbons (Fsp3) is 0.909. The molecule has 0 aromatic rings. The van der Waals surface area contributed by atoms with Gasteiger partial charge >= 0.3 is 6.18 Å². The third-order valence-corrected chi connectivity index (χ3v) is 2.82. The number of rotatable bonds is 6. The number of carbonyl (C=O) groups excluding carboxylic acids is 1. The zero-order chi connectivity index (χ0) is 14.3. The summed E-state index contributed by atoms with van der Waals surface area (Å²) in [5, 5.41) is 2.78. The van der Waals surface area contributed by atoms with Crippen molar-refractivity contribution >= 4 is 5.91 Å². The lowest BCUT2D eigenvalue weighted by Crippen LogP contribution is -2.49. The van der Waals surface area contributed by atoms with E-state index in [-0.39, 0.29) is 25.6 Å². The molecule has 0 aromatic carbocycles. The number of likely N-dealkylation sites (N-methyl/N-ethyl adjacent to an activating group) is 1. The van der Waals surface area contributed by atoms with E-state index in [1.807, 2.05) is 7.05 Å². The van der Waals surface area contributed by atoms with Gasteiger partial charge in [-0.25, -0.2) is 0 Å². The zero-order valence-electron chi connectivity index (χ0n) is 11.0. The standard InChI is InChI=1S/C11H20F3N3O2/c1-16-3-5-17(6-4-16)10(18)8-15-2-7-19-9-11(12,13)14/h15H,2-9H2,1H3. The molecule has 1 aliphatic heterocycles. The summed E-state index contributed by atoms with van der Waals surface area (Å²) < 4.78 is 39.7. The highest BCUT2D eigenvalue weighted by atomic mass is 19.4. The van der Waals surface area contributed by atoms with Gasteiger partial charge in [0.05, 0.1) is 13.2 Å². The first kappa shape index (κ1) is 16.2. The van der Waals surface area contributed by atoms with E-state index in [4.69, 9.17) is 0 Å². The van der Waals surface area contributed by atoms with E-state index in [1.54, 1.807) is 4.90 Å². The van der Waals surface area contributed by atoms with Crippen LogP contribution >= 0.6 is 0 Å². The molecule has 1 N–H and O–H groups in total. The van der Waals surface area contributed by atoms with Crippen molar-refractivity contribution in [2.75, 3.05) is 59.5 Å². The predicted octanol–water partition coefficient (Wildman–Crippen LogP) is -0.0711. The van der Waals surface area contributed by atoms with E-state index in [1.165, 1.54) is 0 Å². The molecule has 0 radical (unpaired) electrons. The average molecular weight is 283 g/mol. The van der Waals surface area contributed by atoms with Crippen molar-refractivity contribution < 1.29 is 22.7 Å². The summed E-state index contributed by atoms with van der Waals surface area (Å²) in [4.78, 5) is 15.6. The number of nitrogens with zero attached hydrogens (tertiary/aromatic N) is 2. The molecule has 0 bridgehead atoms. The van der Waals surface area contributed by atoms with Gasteiger partial charge in [-0.05, 0) is 7.05 Å². The summed E-state index contributed by atoms with van der Waals surface area (Å²) in [6.07, 6.45) is -4.30. The number of piperazine rings is 1. The van der Waals surface area contributed by atoms with E-state index in [9.17, 15) is 18.0 Å². The molecule has 19 heavy (non-hydrogen) atoms. The Kier molecular flexibility index (Phi) is 6.53. The maximum Gasteiger partial charge on any atom is 0.411 e. The molecule has 1 saturated heterocycles. The van der Waals surface area contributed by atoms with Gasteiger partial charge in [-0.3, -0.25) is 4.79 Å². The summed E-state index contributed by atoms with van der Waals surface area (Å²) >= 11 is 0. The Bertz CT molecular complexity index is 279. The van der Waals surface area contributed by atoms with Gasteiger partial charge in [0.15, 0.2) is 0 Å². The lowest BCUT2D eigenvalue weighted by molar-refractivity contribution is -0.173. The topological polar surface area (TPSA) is 44.8 Å². The highest BCUT2D eigenvalue weighted by molar-refractivity contribution is 5.78. The maximum absolute atomic E-state index is 11.8. The van der Waals surface area contributed by atoms with Crippen molar-refractivity contribution in [1.29, 1.82) is 0 Å². The Labute approximate surface area is 110 Å². The second kappa shape index (κ2) is 7.66. The number of ether oxygens (including phenoxy) is 1. The number of hydrogen-bond acceptors (Lipinski definition) is 4. The van der Waals surface area contributed by atoms with Gasteiger partial charge in [-0.2, -0.15) is 13.2 Å². The molecule has 0 unspecified atom stereocenters. The lowest BCUT2D eigenvalue weighted by atomic mass is 10.3. The van der Waals surface area contributed by atoms with E-state index in [0.717, 1.165) is 13.1 Å². The van der Waals surface area contributed by atoms with Gasteiger partial charge in [0, 0.05) is 32.7 Å². The van der Waals surface area contributed by atoms with Crippen LogP contribution in [0.1, 0.15) is 0 Å². The molecule has 0 spiro atoms. The number of hydrogen-bond donors (Lipinski definition) is 1. The molecule has 1 amide bonds. The monoisotopic (exact) mass is 283 g/mol. The van der Waals surface area contributed by atoms with Crippen LogP contribution in [-0.4, -0.2) is 81.4 Å². The Morgan fingerprint density at radius 3 is 2.47 bits per heavy atom. The van der Waals surface area contributed by atoms with Gasteiger partial charge in [0.25, 0.3) is 0 Å². The quantitative estimate of drug-likeness (QED) is 0.693. The van der Waals surface area contributed by atoms with E-state index in [0.29, 0.717) is 13.1 Å². The van der Waals surface area contributed by atoms with Crippen LogP contribution < -0.4 is 5.32 Å². The molecule has 0 saturated carbocycles. The Balaban J connectivity index is 2.01. The van der Waals surface area contributed by atoms with E-state index >= 15 is 0 Å². The molecule has 112 valence electrons. The van der Waals surface area contributed by atoms with Crippen molar-refractivity contribution in [2.45, 2.75) is 6.18 Å². The summed E-state index contributed by atoms with van der Waals surface area (Å²) in [5.74, 6) is -0.0241. The van der Waals surface area contributed by atoms with Gasteiger partial charge in [0.1, 0.15) is 6.61 Å². The minimum Gasteiger partial charge on any atom is -0.371 e. The number of carbonyl (C=O) groups is 1. The smallest absolute Gasteiger partial charge is 0.371 e. The van der Waals surface area contributed by atoms with E-state index in [2.05, 4.69) is 15.0 Å². The molecular weight excluding hydrogens is 263 g/mol. The highest BCUT2D eigenvalue weighted by Gasteiger charge is 2.27. The second-order valence-corrected chi connectivity index (χ2v) is 4.53. The number of nitrogens with one attached hydrogen (secondary N) is 1. The Hall–Kier alpha value is -0.860. The molecule has 1 aliphatic rings. The van der Waals surface area contributed by atoms with E-state index < -0.39 is 12.8 Å². The first-order valence-corrected chi connectivity index (χ1v) is 6.20. The summed E-state index contributed by atoms with van der Waals surface area (Å²) in [6.45, 7) is 2.15. The molecule has 1 rings (SSSR count). The molecule has 0 atom stereocenters. The summed E-state index contributed by atoms with van der Waals surface area (Å²) in [6, 6.07) is 0. The van der Waals surface area contributed by atoms with Crippen molar-refractivity contribution in [2.24, 2.45) is 0 Å². The van der Waals surface area contributed by atoms with Gasteiger partial charge in [-0.1, -0.05) is 0 Å². The normalized spacial score (nSPS) is 17.8. The Morgan fingerprint density at radius 2 is 1.89 bits per heavy atom. The second-order valence-electron chi connectivity index (χ2n) is 4.53. The van der Waals surface area contributed by atoms with Crippen molar-refractivity contribution in [3.8, 4) is 0 Å². The maximum atomic E-state index is 11.8. The summed E-state index contributed by atoms with van der Waals surface area (Å²) in [5.41, 5.74) is 0. The molecule has 1 fully saturated rings.